The van der Waals surface area contributed by atoms with Crippen LogP contribution in [0, 0.1) is 0 Å². The van der Waals surface area contributed by atoms with Gasteiger partial charge in [-0.15, -0.1) is 0 Å². The van der Waals surface area contributed by atoms with E-state index in [1.807, 2.05) is 13.8 Å². The summed E-state index contributed by atoms with van der Waals surface area (Å²) in [4.78, 5) is 22.3. The highest BCUT2D eigenvalue weighted by molar-refractivity contribution is 7.99. The normalized spacial score (nSPS) is 10.7. The van der Waals surface area contributed by atoms with Crippen molar-refractivity contribution in [3.63, 3.8) is 0 Å². The zero-order chi connectivity index (χ0) is 15.1. The number of carbonyl (C=O) groups is 1. The Morgan fingerprint density at radius 1 is 1.40 bits per heavy atom. The smallest absolute Gasteiger partial charge is 0.230 e. The van der Waals surface area contributed by atoms with Gasteiger partial charge >= 0.3 is 0 Å². The number of rotatable bonds is 7. The van der Waals surface area contributed by atoms with Crippen LogP contribution >= 0.6 is 23.4 Å². The summed E-state index contributed by atoms with van der Waals surface area (Å²) in [6.07, 6.45) is 0. The molecule has 0 saturated heterocycles. The van der Waals surface area contributed by atoms with E-state index >= 15 is 0 Å². The molecule has 1 aromatic rings. The second-order valence-corrected chi connectivity index (χ2v) is 5.84. The molecule has 0 saturated carbocycles. The predicted molar refractivity (Wildman–Crippen MR) is 84.6 cm³/mol. The molecule has 0 aliphatic carbocycles. The first kappa shape index (κ1) is 17.0. The van der Waals surface area contributed by atoms with E-state index in [-0.39, 0.29) is 17.7 Å². The first-order valence-electron chi connectivity index (χ1n) is 6.67. The lowest BCUT2D eigenvalue weighted by molar-refractivity contribution is -0.119. The van der Waals surface area contributed by atoms with Crippen LogP contribution in [-0.4, -0.2) is 40.8 Å². The molecular formula is C13H21ClN4OS. The van der Waals surface area contributed by atoms with Crippen molar-refractivity contribution in [1.82, 2.24) is 15.3 Å². The number of halogens is 1. The van der Waals surface area contributed by atoms with Crippen molar-refractivity contribution in [1.29, 1.82) is 0 Å². The Bertz CT molecular complexity index is 452. The molecule has 20 heavy (non-hydrogen) atoms. The largest absolute Gasteiger partial charge is 0.357 e. The van der Waals surface area contributed by atoms with Crippen molar-refractivity contribution in [2.45, 2.75) is 38.9 Å². The van der Waals surface area contributed by atoms with E-state index in [1.165, 1.54) is 11.8 Å². The summed E-state index contributed by atoms with van der Waals surface area (Å²) in [6.45, 7) is 9.67. The molecule has 0 aliphatic rings. The van der Waals surface area contributed by atoms with Gasteiger partial charge in [0.2, 0.25) is 5.91 Å². The van der Waals surface area contributed by atoms with Gasteiger partial charge in [-0.1, -0.05) is 23.4 Å². The van der Waals surface area contributed by atoms with Crippen molar-refractivity contribution in [2.24, 2.45) is 0 Å². The number of hydrogen-bond donors (Lipinski definition) is 1. The molecule has 7 heteroatoms. The maximum Gasteiger partial charge on any atom is 0.230 e. The molecule has 112 valence electrons. The lowest BCUT2D eigenvalue weighted by Gasteiger charge is -2.20. The van der Waals surface area contributed by atoms with Crippen molar-refractivity contribution < 1.29 is 4.79 Å². The number of nitrogens with one attached hydrogen (secondary N) is 1. The summed E-state index contributed by atoms with van der Waals surface area (Å²) >= 11 is 7.31. The predicted octanol–water partition coefficient (Wildman–Crippen LogP) is 2.59. The highest BCUT2D eigenvalue weighted by Gasteiger charge is 2.11. The molecule has 0 aromatic carbocycles. The SMILES string of the molecule is CCN(CC)c1cc(Cl)nc(SCC(=O)NC(C)C)n1. The molecule has 0 aliphatic heterocycles. The number of amides is 1. The average Bonchev–Trinajstić information content (AvgIpc) is 2.36. The highest BCUT2D eigenvalue weighted by Crippen LogP contribution is 2.21. The van der Waals surface area contributed by atoms with Gasteiger partial charge in [-0.3, -0.25) is 4.79 Å². The molecule has 0 radical (unpaired) electrons. The second-order valence-electron chi connectivity index (χ2n) is 4.51. The molecule has 5 nitrogen and oxygen atoms in total. The van der Waals surface area contributed by atoms with Crippen LogP contribution in [0.3, 0.4) is 0 Å². The van der Waals surface area contributed by atoms with Crippen LogP contribution in [-0.2, 0) is 4.79 Å². The third kappa shape index (κ3) is 5.54. The maximum absolute atomic E-state index is 11.6. The Kier molecular flexibility index (Phi) is 7.09. The fourth-order valence-electron chi connectivity index (χ4n) is 1.65. The minimum atomic E-state index is -0.0297. The quantitative estimate of drug-likeness (QED) is 0.476. The van der Waals surface area contributed by atoms with Crippen molar-refractivity contribution in [3.8, 4) is 0 Å². The van der Waals surface area contributed by atoms with Crippen LogP contribution in [0.5, 0.6) is 0 Å². The molecule has 0 spiro atoms. The molecule has 0 fully saturated rings. The van der Waals surface area contributed by atoms with Crippen LogP contribution < -0.4 is 10.2 Å². The molecule has 1 heterocycles. The van der Waals surface area contributed by atoms with E-state index in [0.29, 0.717) is 10.3 Å². The standard InChI is InChI=1S/C13H21ClN4OS/c1-5-18(6-2)11-7-10(14)16-13(17-11)20-8-12(19)15-9(3)4/h7,9H,5-6,8H2,1-4H3,(H,15,19). The molecule has 1 amide bonds. The van der Waals surface area contributed by atoms with E-state index in [1.54, 1.807) is 6.07 Å². The van der Waals surface area contributed by atoms with E-state index < -0.39 is 0 Å². The van der Waals surface area contributed by atoms with Crippen LogP contribution in [0.25, 0.3) is 0 Å². The fraction of sp³-hybridized carbons (Fsp3) is 0.615. The van der Waals surface area contributed by atoms with Crippen LogP contribution in [0.1, 0.15) is 27.7 Å². The number of thioether (sulfide) groups is 1. The van der Waals surface area contributed by atoms with Crippen molar-refractivity contribution >= 4 is 35.1 Å². The average molecular weight is 317 g/mol. The summed E-state index contributed by atoms with van der Waals surface area (Å²) in [5.74, 6) is 1.05. The number of carbonyl (C=O) groups excluding carboxylic acids is 1. The van der Waals surface area contributed by atoms with Gasteiger partial charge < -0.3 is 10.2 Å². The summed E-state index contributed by atoms with van der Waals surface area (Å²) < 4.78 is 0. The Balaban J connectivity index is 2.73. The molecular weight excluding hydrogens is 296 g/mol. The Morgan fingerprint density at radius 3 is 2.60 bits per heavy atom. The van der Waals surface area contributed by atoms with E-state index in [0.717, 1.165) is 18.9 Å². The zero-order valence-electron chi connectivity index (χ0n) is 12.3. The number of aromatic nitrogens is 2. The summed E-state index contributed by atoms with van der Waals surface area (Å²) in [6, 6.07) is 1.88. The van der Waals surface area contributed by atoms with Crippen molar-refractivity contribution in [2.75, 3.05) is 23.7 Å². The van der Waals surface area contributed by atoms with Gasteiger partial charge in [0, 0.05) is 25.2 Å². The molecule has 1 aromatic heterocycles. The lowest BCUT2D eigenvalue weighted by atomic mass is 10.4. The Hall–Kier alpha value is -1.01. The van der Waals surface area contributed by atoms with Crippen LogP contribution in [0.2, 0.25) is 5.15 Å². The van der Waals surface area contributed by atoms with Gasteiger partial charge in [-0.2, -0.15) is 0 Å². The van der Waals surface area contributed by atoms with E-state index in [4.69, 9.17) is 11.6 Å². The van der Waals surface area contributed by atoms with Crippen molar-refractivity contribution in [3.05, 3.63) is 11.2 Å². The molecule has 1 rings (SSSR count). The Labute approximate surface area is 129 Å². The summed E-state index contributed by atoms with van der Waals surface area (Å²) in [5.41, 5.74) is 0. The van der Waals surface area contributed by atoms with Crippen LogP contribution in [0.4, 0.5) is 5.82 Å². The van der Waals surface area contributed by atoms with E-state index in [9.17, 15) is 4.79 Å². The zero-order valence-corrected chi connectivity index (χ0v) is 13.9. The van der Waals surface area contributed by atoms with Gasteiger partial charge in [0.15, 0.2) is 5.16 Å². The molecule has 0 atom stereocenters. The minimum absolute atomic E-state index is 0.0297. The van der Waals surface area contributed by atoms with E-state index in [2.05, 4.69) is 34.0 Å². The molecule has 1 N–H and O–H groups in total. The number of anilines is 1. The minimum Gasteiger partial charge on any atom is -0.357 e. The fourth-order valence-corrected chi connectivity index (χ4v) is 2.55. The summed E-state index contributed by atoms with van der Waals surface area (Å²) in [5, 5.41) is 3.75. The lowest BCUT2D eigenvalue weighted by Crippen LogP contribution is -2.31. The van der Waals surface area contributed by atoms with Gasteiger partial charge in [0.25, 0.3) is 0 Å². The summed E-state index contributed by atoms with van der Waals surface area (Å²) in [7, 11) is 0. The number of nitrogens with zero attached hydrogens (tertiary/aromatic N) is 3. The van der Waals surface area contributed by atoms with Crippen LogP contribution in [0.15, 0.2) is 11.2 Å². The first-order valence-corrected chi connectivity index (χ1v) is 8.04. The highest BCUT2D eigenvalue weighted by atomic mass is 35.5. The third-order valence-corrected chi connectivity index (χ3v) is 3.57. The topological polar surface area (TPSA) is 58.1 Å². The van der Waals surface area contributed by atoms with Gasteiger partial charge in [-0.05, 0) is 27.7 Å². The second kappa shape index (κ2) is 8.32. The van der Waals surface area contributed by atoms with Gasteiger partial charge in [0.05, 0.1) is 5.75 Å². The monoisotopic (exact) mass is 316 g/mol. The number of hydrogen-bond acceptors (Lipinski definition) is 5. The molecule has 0 unspecified atom stereocenters. The van der Waals surface area contributed by atoms with Gasteiger partial charge in [0.1, 0.15) is 11.0 Å². The maximum atomic E-state index is 11.6. The Morgan fingerprint density at radius 2 is 2.05 bits per heavy atom. The third-order valence-electron chi connectivity index (χ3n) is 2.53. The van der Waals surface area contributed by atoms with Gasteiger partial charge in [-0.25, -0.2) is 9.97 Å². The first-order chi connectivity index (χ1) is 9.46. The molecule has 0 bridgehead atoms.